The van der Waals surface area contributed by atoms with Crippen LogP contribution >= 0.6 is 0 Å². The lowest BCUT2D eigenvalue weighted by atomic mass is 9.96. The van der Waals surface area contributed by atoms with Crippen molar-refractivity contribution in [1.82, 2.24) is 0 Å². The van der Waals surface area contributed by atoms with Crippen LogP contribution in [0.4, 0.5) is 0 Å². The van der Waals surface area contributed by atoms with Gasteiger partial charge in [-0.3, -0.25) is 4.79 Å². The maximum absolute atomic E-state index is 12.5. The maximum atomic E-state index is 12.5. The van der Waals surface area contributed by atoms with Crippen LogP contribution < -0.4 is 0 Å². The number of hydrogen-bond acceptors (Lipinski definition) is 5. The summed E-state index contributed by atoms with van der Waals surface area (Å²) >= 11 is 0. The van der Waals surface area contributed by atoms with E-state index >= 15 is 0 Å². The number of ether oxygens (including phenoxy) is 3. The largest absolute Gasteiger partial charge is 0.436 e. The van der Waals surface area contributed by atoms with Crippen molar-refractivity contribution in [2.24, 2.45) is 0 Å². The van der Waals surface area contributed by atoms with Crippen molar-refractivity contribution < 1.29 is 23.8 Å². The van der Waals surface area contributed by atoms with Crippen LogP contribution in [-0.2, 0) is 37.0 Å². The summed E-state index contributed by atoms with van der Waals surface area (Å²) in [4.78, 5) is 24.7. The van der Waals surface area contributed by atoms with Crippen molar-refractivity contribution >= 4 is 11.8 Å². The summed E-state index contributed by atoms with van der Waals surface area (Å²) in [6.45, 7) is 3.28. The van der Waals surface area contributed by atoms with E-state index in [9.17, 15) is 9.59 Å². The quantitative estimate of drug-likeness (QED) is 0.281. The number of carbonyl (C=O) groups excluding carboxylic acids is 2. The Morgan fingerprint density at radius 1 is 0.885 bits per heavy atom. The zero-order chi connectivity index (χ0) is 18.8. The first-order chi connectivity index (χ1) is 12.6. The molecule has 0 aliphatic rings. The second-order valence-electron chi connectivity index (χ2n) is 5.89. The average Bonchev–Trinajstić information content (AvgIpc) is 2.67. The summed E-state index contributed by atoms with van der Waals surface area (Å²) in [7, 11) is 0. The minimum atomic E-state index is -1.62. The van der Waals surface area contributed by atoms with E-state index in [0.717, 1.165) is 11.1 Å². The number of hydrogen-bond donors (Lipinski definition) is 0. The molecule has 138 valence electrons. The number of rotatable bonds is 10. The molecule has 0 radical (unpaired) electrons. The zero-order valence-corrected chi connectivity index (χ0v) is 15.1. The summed E-state index contributed by atoms with van der Waals surface area (Å²) in [6.07, 6.45) is 0.187. The lowest BCUT2D eigenvalue weighted by Crippen LogP contribution is -2.48. The molecule has 5 heteroatoms. The van der Waals surface area contributed by atoms with Crippen LogP contribution in [0.15, 0.2) is 60.7 Å². The van der Waals surface area contributed by atoms with Gasteiger partial charge < -0.3 is 14.2 Å². The van der Waals surface area contributed by atoms with Gasteiger partial charge in [-0.15, -0.1) is 0 Å². The van der Waals surface area contributed by atoms with Crippen molar-refractivity contribution in [2.45, 2.75) is 39.1 Å². The first kappa shape index (κ1) is 19.8. The monoisotopic (exact) mass is 356 g/mol. The number of carbonyl (C=O) groups is 2. The Morgan fingerprint density at radius 2 is 1.42 bits per heavy atom. The molecule has 0 fully saturated rings. The molecule has 0 spiro atoms. The minimum Gasteiger partial charge on any atom is -0.436 e. The van der Waals surface area contributed by atoms with Crippen molar-refractivity contribution in [2.75, 3.05) is 6.79 Å². The van der Waals surface area contributed by atoms with Crippen molar-refractivity contribution in [1.29, 1.82) is 0 Å². The first-order valence-electron chi connectivity index (χ1n) is 8.56. The highest BCUT2D eigenvalue weighted by molar-refractivity contribution is 6.06. The number of benzene rings is 2. The highest BCUT2D eigenvalue weighted by Crippen LogP contribution is 2.22. The third-order valence-electron chi connectivity index (χ3n) is 4.11. The molecule has 26 heavy (non-hydrogen) atoms. The first-order valence-corrected chi connectivity index (χ1v) is 8.56. The summed E-state index contributed by atoms with van der Waals surface area (Å²) in [6, 6.07) is 18.9. The number of Topliss-reactive ketones (excluding diaryl/α,β-unsaturated/α-hetero) is 1. The fourth-order valence-corrected chi connectivity index (χ4v) is 2.53. The zero-order valence-electron chi connectivity index (χ0n) is 15.1. The van der Waals surface area contributed by atoms with E-state index in [1.54, 1.807) is 6.92 Å². The van der Waals surface area contributed by atoms with Gasteiger partial charge in [-0.25, -0.2) is 4.79 Å². The van der Waals surface area contributed by atoms with Crippen LogP contribution in [0.2, 0.25) is 0 Å². The summed E-state index contributed by atoms with van der Waals surface area (Å²) in [5.74, 6) is -1.11. The van der Waals surface area contributed by atoms with Gasteiger partial charge >= 0.3 is 5.97 Å². The van der Waals surface area contributed by atoms with Crippen LogP contribution in [0.3, 0.4) is 0 Å². The number of ketones is 1. The molecule has 2 rings (SSSR count). The molecule has 0 aliphatic heterocycles. The third kappa shape index (κ3) is 5.25. The highest BCUT2D eigenvalue weighted by Gasteiger charge is 2.44. The van der Waals surface area contributed by atoms with Gasteiger partial charge in [-0.05, 0) is 24.5 Å². The van der Waals surface area contributed by atoms with E-state index in [1.807, 2.05) is 60.7 Å². The van der Waals surface area contributed by atoms with Gasteiger partial charge in [0, 0.05) is 0 Å². The van der Waals surface area contributed by atoms with E-state index in [4.69, 9.17) is 14.2 Å². The lowest BCUT2D eigenvalue weighted by molar-refractivity contribution is -0.189. The number of esters is 1. The van der Waals surface area contributed by atoms with Gasteiger partial charge in [0.1, 0.15) is 0 Å². The minimum absolute atomic E-state index is 0.147. The second kappa shape index (κ2) is 9.85. The Morgan fingerprint density at radius 3 is 1.92 bits per heavy atom. The Balaban J connectivity index is 1.92. The molecule has 0 aromatic heterocycles. The normalized spacial score (nSPS) is 13.0. The molecule has 0 N–H and O–H groups in total. The summed E-state index contributed by atoms with van der Waals surface area (Å²) in [5.41, 5.74) is 0.225. The van der Waals surface area contributed by atoms with Crippen LogP contribution in [0.25, 0.3) is 0 Å². The molecule has 0 saturated heterocycles. The van der Waals surface area contributed by atoms with Gasteiger partial charge in [0.15, 0.2) is 12.6 Å². The molecule has 1 atom stereocenters. The van der Waals surface area contributed by atoms with Crippen LogP contribution in [0.1, 0.15) is 31.4 Å². The van der Waals surface area contributed by atoms with Gasteiger partial charge in [-0.2, -0.15) is 0 Å². The Bertz CT molecular complexity index is 699. The molecule has 0 aliphatic carbocycles. The fraction of sp³-hybridized carbons (Fsp3) is 0.333. The van der Waals surface area contributed by atoms with Gasteiger partial charge in [0.25, 0.3) is 0 Å². The summed E-state index contributed by atoms with van der Waals surface area (Å²) in [5, 5.41) is 0. The predicted molar refractivity (Wildman–Crippen MR) is 97.1 cm³/mol. The molecule has 0 heterocycles. The molecule has 5 nitrogen and oxygen atoms in total. The van der Waals surface area contributed by atoms with Crippen molar-refractivity contribution in [3.05, 3.63) is 71.8 Å². The molecule has 2 aromatic carbocycles. The molecule has 0 amide bonds. The van der Waals surface area contributed by atoms with E-state index in [1.165, 1.54) is 6.92 Å². The van der Waals surface area contributed by atoms with Gasteiger partial charge in [-0.1, -0.05) is 67.6 Å². The lowest BCUT2D eigenvalue weighted by Gasteiger charge is -2.28. The van der Waals surface area contributed by atoms with Gasteiger partial charge in [0.05, 0.1) is 13.2 Å². The molecule has 1 unspecified atom stereocenters. The summed E-state index contributed by atoms with van der Waals surface area (Å²) < 4.78 is 16.2. The fourth-order valence-electron chi connectivity index (χ4n) is 2.53. The molecule has 2 aromatic rings. The maximum Gasteiger partial charge on any atom is 0.348 e. The van der Waals surface area contributed by atoms with E-state index in [-0.39, 0.29) is 25.6 Å². The topological polar surface area (TPSA) is 61.8 Å². The van der Waals surface area contributed by atoms with E-state index < -0.39 is 11.6 Å². The Hall–Kier alpha value is -2.50. The molecular weight excluding hydrogens is 332 g/mol. The Kier molecular flexibility index (Phi) is 7.51. The molecule has 0 saturated carbocycles. The standard InChI is InChI=1S/C21H24O5/c1-3-21(17(2)22,26-15-19-12-8-5-9-13-19)20(23)25-16-24-14-18-10-6-4-7-11-18/h4-13H,3,14-16H2,1-2H3. The molecule has 0 bridgehead atoms. The second-order valence-corrected chi connectivity index (χ2v) is 5.89. The van der Waals surface area contributed by atoms with Crippen molar-refractivity contribution in [3.8, 4) is 0 Å². The van der Waals surface area contributed by atoms with Gasteiger partial charge in [0.2, 0.25) is 5.60 Å². The smallest absolute Gasteiger partial charge is 0.348 e. The van der Waals surface area contributed by atoms with E-state index in [0.29, 0.717) is 6.61 Å². The SMILES string of the molecule is CCC(OCc1ccccc1)(C(C)=O)C(=O)OCOCc1ccccc1. The van der Waals surface area contributed by atoms with Crippen molar-refractivity contribution in [3.63, 3.8) is 0 Å². The van der Waals surface area contributed by atoms with Crippen LogP contribution in [-0.4, -0.2) is 24.1 Å². The highest BCUT2D eigenvalue weighted by atomic mass is 16.7. The van der Waals surface area contributed by atoms with Crippen LogP contribution in [0, 0.1) is 0 Å². The van der Waals surface area contributed by atoms with E-state index in [2.05, 4.69) is 0 Å². The predicted octanol–water partition coefficient (Wildman–Crippen LogP) is 3.66. The third-order valence-corrected chi connectivity index (χ3v) is 4.11. The molecular formula is C21H24O5. The van der Waals surface area contributed by atoms with Crippen LogP contribution in [0.5, 0.6) is 0 Å². The average molecular weight is 356 g/mol. The Labute approximate surface area is 153 Å².